The molecule has 0 amide bonds. The van der Waals surface area contributed by atoms with Gasteiger partial charge in [0.2, 0.25) is 0 Å². The number of benzene rings is 1. The van der Waals surface area contributed by atoms with Gasteiger partial charge in [0.05, 0.1) is 0 Å². The van der Waals surface area contributed by atoms with Crippen LogP contribution >= 0.6 is 0 Å². The fourth-order valence-corrected chi connectivity index (χ4v) is 6.91. The maximum absolute atomic E-state index is 2.56. The molecule has 0 bridgehead atoms. The van der Waals surface area contributed by atoms with Crippen LogP contribution in [-0.4, -0.2) is 29.9 Å². The van der Waals surface area contributed by atoms with Gasteiger partial charge in [-0.2, -0.15) is 0 Å². The number of hydrogen-bond donors (Lipinski definition) is 0. The molecule has 0 N–H and O–H groups in total. The molecule has 2 heteroatoms. The second kappa shape index (κ2) is 10.9. The molecule has 0 saturated carbocycles. The summed E-state index contributed by atoms with van der Waals surface area (Å²) in [4.78, 5) is 2.56. The summed E-state index contributed by atoms with van der Waals surface area (Å²) in [5, 5.41) is 2.80. The average Bonchev–Trinajstić information content (AvgIpc) is 2.42. The van der Waals surface area contributed by atoms with Gasteiger partial charge in [-0.15, -0.1) is 0 Å². The van der Waals surface area contributed by atoms with Crippen LogP contribution in [0.3, 0.4) is 0 Å². The molecule has 0 saturated heterocycles. The number of rotatable bonds is 9. The number of hydrogen-bond acceptors (Lipinski definition) is 0. The van der Waals surface area contributed by atoms with Crippen molar-refractivity contribution in [3.63, 3.8) is 0 Å². The Morgan fingerprint density at radius 1 is 1.00 bits per heavy atom. The zero-order chi connectivity index (χ0) is 13.1. The Balaban J connectivity index is 2.57. The molecule has 0 aromatic heterocycles. The quantitative estimate of drug-likeness (QED) is 0.429. The summed E-state index contributed by atoms with van der Waals surface area (Å²) in [6, 6.07) is 11.0. The molecule has 0 fully saturated rings. The van der Waals surface area contributed by atoms with Gasteiger partial charge < -0.3 is 0 Å². The minimum atomic E-state index is 0.672. The van der Waals surface area contributed by atoms with E-state index in [1.807, 2.05) is 0 Å². The summed E-state index contributed by atoms with van der Waals surface area (Å²) in [5.74, 6) is 0. The van der Waals surface area contributed by atoms with Crippen molar-refractivity contribution >= 4 is 34.4 Å². The average molecular weight is 374 g/mol. The first-order valence-corrected chi connectivity index (χ1v) is 11.1. The summed E-state index contributed by atoms with van der Waals surface area (Å²) in [5.41, 5.74) is 1.46. The normalized spacial score (nSPS) is 11.8. The van der Waals surface area contributed by atoms with Crippen molar-refractivity contribution in [1.82, 2.24) is 0 Å². The molecule has 18 heavy (non-hydrogen) atoms. The molecule has 1 rings (SSSR count). The third-order valence-electron chi connectivity index (χ3n) is 2.62. The first-order valence-electron chi connectivity index (χ1n) is 6.88. The molecule has 1 aromatic carbocycles. The summed E-state index contributed by atoms with van der Waals surface area (Å²) < 4.78 is 1.65. The predicted molar refractivity (Wildman–Crippen MR) is 85.4 cm³/mol. The number of unbranched alkanes of at least 4 members (excludes halogenated alkanes) is 2. The Morgan fingerprint density at radius 2 is 1.67 bits per heavy atom. The van der Waals surface area contributed by atoms with E-state index in [9.17, 15) is 0 Å². The fourth-order valence-electron chi connectivity index (χ4n) is 1.48. The minimum absolute atomic E-state index is 0.672. The van der Waals surface area contributed by atoms with Gasteiger partial charge in [0, 0.05) is 0 Å². The van der Waals surface area contributed by atoms with Gasteiger partial charge in [-0.05, 0) is 0 Å². The molecule has 0 unspecified atom stereocenters. The molecule has 0 heterocycles. The van der Waals surface area contributed by atoms with E-state index in [0.717, 1.165) is 0 Å². The monoisotopic (exact) mass is 376 g/mol. The van der Waals surface area contributed by atoms with E-state index in [1.54, 1.807) is 4.47 Å². The maximum atomic E-state index is 2.56. The standard InChI is InChI=1S/C16H24Se2/c1-3-5-12-17-14-16(18-13-6-4-2)15-10-8-7-9-11-15/h7-11,14H,3-6,12-13H2,1-2H3/b16-14+. The van der Waals surface area contributed by atoms with Crippen LogP contribution in [0.2, 0.25) is 10.6 Å². The van der Waals surface area contributed by atoms with Gasteiger partial charge in [0.1, 0.15) is 0 Å². The van der Waals surface area contributed by atoms with Crippen LogP contribution in [0.15, 0.2) is 35.3 Å². The van der Waals surface area contributed by atoms with Crippen LogP contribution < -0.4 is 0 Å². The van der Waals surface area contributed by atoms with Crippen LogP contribution in [0.5, 0.6) is 0 Å². The molecule has 100 valence electrons. The molecule has 0 aliphatic carbocycles. The molecule has 0 aliphatic rings. The SMILES string of the molecule is CCCC[Se]/C=C(/[Se]CCCC)c1ccccc1. The third-order valence-corrected chi connectivity index (χ3v) is 7.75. The van der Waals surface area contributed by atoms with Gasteiger partial charge in [0.25, 0.3) is 0 Å². The van der Waals surface area contributed by atoms with Crippen LogP contribution in [0.25, 0.3) is 4.47 Å². The molecule has 0 aliphatic heterocycles. The third kappa shape index (κ3) is 6.80. The van der Waals surface area contributed by atoms with Crippen LogP contribution in [0, 0.1) is 0 Å². The zero-order valence-corrected chi connectivity index (χ0v) is 14.9. The van der Waals surface area contributed by atoms with E-state index in [1.165, 1.54) is 41.9 Å². The second-order valence-electron chi connectivity index (χ2n) is 4.27. The Kier molecular flexibility index (Phi) is 9.70. The molecular formula is C16H24Se2. The van der Waals surface area contributed by atoms with Crippen molar-refractivity contribution in [3.8, 4) is 0 Å². The molecule has 0 spiro atoms. The van der Waals surface area contributed by atoms with Gasteiger partial charge >= 0.3 is 125 Å². The van der Waals surface area contributed by atoms with Crippen LogP contribution in [0.4, 0.5) is 0 Å². The van der Waals surface area contributed by atoms with Gasteiger partial charge in [-0.1, -0.05) is 0 Å². The van der Waals surface area contributed by atoms with E-state index in [2.05, 4.69) is 49.2 Å². The summed E-state index contributed by atoms with van der Waals surface area (Å²) in [6.45, 7) is 4.57. The van der Waals surface area contributed by atoms with Gasteiger partial charge in [-0.25, -0.2) is 0 Å². The Labute approximate surface area is 125 Å². The van der Waals surface area contributed by atoms with Gasteiger partial charge in [0.15, 0.2) is 0 Å². The molecule has 0 nitrogen and oxygen atoms in total. The first-order chi connectivity index (χ1) is 8.88. The van der Waals surface area contributed by atoms with Crippen LogP contribution in [0.1, 0.15) is 45.1 Å². The summed E-state index contributed by atoms with van der Waals surface area (Å²) in [7, 11) is 0. The summed E-state index contributed by atoms with van der Waals surface area (Å²) >= 11 is 1.38. The van der Waals surface area contributed by atoms with Crippen LogP contribution in [-0.2, 0) is 0 Å². The zero-order valence-electron chi connectivity index (χ0n) is 11.5. The summed E-state index contributed by atoms with van der Waals surface area (Å²) in [6.07, 6.45) is 5.43. The van der Waals surface area contributed by atoms with E-state index in [0.29, 0.717) is 29.9 Å². The fraction of sp³-hybridized carbons (Fsp3) is 0.500. The van der Waals surface area contributed by atoms with Gasteiger partial charge in [-0.3, -0.25) is 0 Å². The Morgan fingerprint density at radius 3 is 2.33 bits per heavy atom. The molecule has 0 atom stereocenters. The predicted octanol–water partition coefficient (Wildman–Crippen LogP) is 4.83. The van der Waals surface area contributed by atoms with Crippen molar-refractivity contribution in [1.29, 1.82) is 0 Å². The Bertz CT molecular complexity index is 330. The van der Waals surface area contributed by atoms with Crippen molar-refractivity contribution < 1.29 is 0 Å². The van der Waals surface area contributed by atoms with E-state index in [-0.39, 0.29) is 0 Å². The van der Waals surface area contributed by atoms with Crippen molar-refractivity contribution in [2.75, 3.05) is 0 Å². The molecule has 0 radical (unpaired) electrons. The molecule has 1 aromatic rings. The second-order valence-corrected chi connectivity index (χ2v) is 8.71. The topological polar surface area (TPSA) is 0 Å². The van der Waals surface area contributed by atoms with Crippen molar-refractivity contribution in [2.24, 2.45) is 0 Å². The Hall–Kier alpha value is -0.00104. The first kappa shape index (κ1) is 16.1. The van der Waals surface area contributed by atoms with E-state index < -0.39 is 0 Å². The molecular weight excluding hydrogens is 350 g/mol. The van der Waals surface area contributed by atoms with Crippen molar-refractivity contribution in [2.45, 2.75) is 50.2 Å². The van der Waals surface area contributed by atoms with Crippen molar-refractivity contribution in [3.05, 3.63) is 40.9 Å². The van der Waals surface area contributed by atoms with E-state index >= 15 is 0 Å². The van der Waals surface area contributed by atoms with E-state index in [4.69, 9.17) is 0 Å².